The zero-order valence-corrected chi connectivity index (χ0v) is 16.7. The number of nitrogens with zero attached hydrogens (tertiary/aromatic N) is 1. The summed E-state index contributed by atoms with van der Waals surface area (Å²) >= 11 is 1.98. The number of hydrogen-bond donors (Lipinski definition) is 1. The van der Waals surface area contributed by atoms with Gasteiger partial charge in [0.2, 0.25) is 0 Å². The Kier molecular flexibility index (Phi) is 7.69. The molecule has 0 aromatic heterocycles. The number of hydrogen-bond acceptors (Lipinski definition) is 5. The first-order valence-electron chi connectivity index (χ1n) is 7.53. The molecule has 26 heavy (non-hydrogen) atoms. The monoisotopic (exact) mass is 470 g/mol. The van der Waals surface area contributed by atoms with E-state index in [2.05, 4.69) is 4.74 Å². The molecule has 2 rings (SSSR count). The lowest BCUT2D eigenvalue weighted by Gasteiger charge is -2.16. The van der Waals surface area contributed by atoms with Crippen LogP contribution in [0.3, 0.4) is 0 Å². The van der Waals surface area contributed by atoms with E-state index in [0.29, 0.717) is 5.56 Å². The molecule has 0 saturated carbocycles. The van der Waals surface area contributed by atoms with Crippen LogP contribution in [0.4, 0.5) is 10.5 Å². The van der Waals surface area contributed by atoms with Gasteiger partial charge >= 0.3 is 6.09 Å². The fraction of sp³-hybridized carbons (Fsp3) is 0.222. The number of amides is 1. The molecule has 2 aromatic carbocycles. The van der Waals surface area contributed by atoms with Gasteiger partial charge in [-0.15, -0.1) is 0 Å². The Morgan fingerprint density at radius 1 is 1.12 bits per heavy atom. The van der Waals surface area contributed by atoms with E-state index in [1.807, 2.05) is 22.6 Å². The number of carbonyl (C=O) groups excluding carboxylic acids is 2. The highest BCUT2D eigenvalue weighted by atomic mass is 127. The molecule has 0 atom stereocenters. The maximum Gasteiger partial charge on any atom is 0.405 e. The van der Waals surface area contributed by atoms with Crippen molar-refractivity contribution in [3.8, 4) is 0 Å². The first-order valence-corrected chi connectivity index (χ1v) is 8.61. The Bertz CT molecular complexity index is 801. The molecular formula is C18H19IN2O5. The van der Waals surface area contributed by atoms with E-state index >= 15 is 0 Å². The van der Waals surface area contributed by atoms with Crippen LogP contribution in [-0.4, -0.2) is 22.4 Å². The molecule has 0 aliphatic carbocycles. The van der Waals surface area contributed by atoms with E-state index in [1.54, 1.807) is 57.2 Å². The second-order valence-corrected chi connectivity index (χ2v) is 7.39. The SMILES string of the molecule is CC(C)(C)OC(N)=O.O=C(c1ccccc1)c1ccc(I)cc1[N+](=O)[O-]. The van der Waals surface area contributed by atoms with Crippen LogP contribution >= 0.6 is 22.6 Å². The third kappa shape index (κ3) is 7.18. The van der Waals surface area contributed by atoms with E-state index < -0.39 is 16.6 Å². The van der Waals surface area contributed by atoms with Gasteiger partial charge in [0.15, 0.2) is 5.78 Å². The summed E-state index contributed by atoms with van der Waals surface area (Å²) in [5.74, 6) is -0.335. The molecule has 0 aliphatic rings. The van der Waals surface area contributed by atoms with Crippen molar-refractivity contribution in [1.29, 1.82) is 0 Å². The highest BCUT2D eigenvalue weighted by Crippen LogP contribution is 2.24. The van der Waals surface area contributed by atoms with Gasteiger partial charge < -0.3 is 10.5 Å². The molecule has 0 spiro atoms. The number of nitrogens with two attached hydrogens (primary N) is 1. The molecule has 0 unspecified atom stereocenters. The van der Waals surface area contributed by atoms with E-state index in [4.69, 9.17) is 5.73 Å². The summed E-state index contributed by atoms with van der Waals surface area (Å²) in [7, 11) is 0. The third-order valence-corrected chi connectivity index (χ3v) is 3.51. The van der Waals surface area contributed by atoms with E-state index in [0.717, 1.165) is 3.57 Å². The van der Waals surface area contributed by atoms with Crippen LogP contribution in [-0.2, 0) is 4.74 Å². The molecular weight excluding hydrogens is 451 g/mol. The van der Waals surface area contributed by atoms with Crippen LogP contribution in [0, 0.1) is 13.7 Å². The summed E-state index contributed by atoms with van der Waals surface area (Å²) in [6.45, 7) is 5.28. The molecule has 1 amide bonds. The Morgan fingerprint density at radius 2 is 1.69 bits per heavy atom. The summed E-state index contributed by atoms with van der Waals surface area (Å²) < 4.78 is 5.30. The molecule has 0 bridgehead atoms. The van der Waals surface area contributed by atoms with Gasteiger partial charge in [-0.2, -0.15) is 0 Å². The van der Waals surface area contributed by atoms with Crippen molar-refractivity contribution in [3.05, 3.63) is 73.3 Å². The molecule has 0 fully saturated rings. The van der Waals surface area contributed by atoms with Gasteiger partial charge in [-0.1, -0.05) is 30.3 Å². The predicted octanol–water partition coefficient (Wildman–Crippen LogP) is 4.31. The Balaban J connectivity index is 0.000000359. The maximum atomic E-state index is 12.2. The normalized spacial score (nSPS) is 10.3. The number of benzene rings is 2. The first-order chi connectivity index (χ1) is 12.0. The van der Waals surface area contributed by atoms with Crippen molar-refractivity contribution < 1.29 is 19.2 Å². The molecule has 0 heterocycles. The smallest absolute Gasteiger partial charge is 0.405 e. The fourth-order valence-corrected chi connectivity index (χ4v) is 2.37. The average Bonchev–Trinajstić information content (AvgIpc) is 2.53. The molecule has 8 heteroatoms. The number of ether oxygens (including phenoxy) is 1. The van der Waals surface area contributed by atoms with Gasteiger partial charge in [-0.25, -0.2) is 4.79 Å². The Hall–Kier alpha value is -2.49. The van der Waals surface area contributed by atoms with Crippen molar-refractivity contribution in [2.75, 3.05) is 0 Å². The number of halogens is 1. The van der Waals surface area contributed by atoms with Crippen LogP contribution < -0.4 is 5.73 Å². The van der Waals surface area contributed by atoms with E-state index in [-0.39, 0.29) is 17.0 Å². The molecule has 2 aromatic rings. The first kappa shape index (κ1) is 21.6. The van der Waals surface area contributed by atoms with Gasteiger partial charge in [-0.05, 0) is 55.5 Å². The predicted molar refractivity (Wildman–Crippen MR) is 106 cm³/mol. The van der Waals surface area contributed by atoms with Crippen LogP contribution in [0.25, 0.3) is 0 Å². The Labute approximate surface area is 164 Å². The lowest BCUT2D eigenvalue weighted by atomic mass is 10.0. The fourth-order valence-electron chi connectivity index (χ4n) is 1.89. The third-order valence-electron chi connectivity index (χ3n) is 2.84. The molecule has 0 saturated heterocycles. The Morgan fingerprint density at radius 3 is 2.12 bits per heavy atom. The molecule has 138 valence electrons. The standard InChI is InChI=1S/C13H8INO3.C5H11NO2/c14-10-6-7-11(12(8-10)15(17)18)13(16)9-4-2-1-3-5-9;1-5(2,3)8-4(6)7/h1-8H;1-3H3,(H2,6,7). The lowest BCUT2D eigenvalue weighted by Crippen LogP contribution is -2.27. The van der Waals surface area contributed by atoms with Crippen molar-refractivity contribution in [2.45, 2.75) is 26.4 Å². The van der Waals surface area contributed by atoms with Crippen LogP contribution in [0.1, 0.15) is 36.7 Å². The molecule has 0 radical (unpaired) electrons. The number of nitro groups is 1. The highest BCUT2D eigenvalue weighted by Gasteiger charge is 2.21. The number of carbonyl (C=O) groups is 2. The van der Waals surface area contributed by atoms with E-state index in [9.17, 15) is 19.7 Å². The molecule has 7 nitrogen and oxygen atoms in total. The summed E-state index contributed by atoms with van der Waals surface area (Å²) in [5, 5.41) is 11.0. The summed E-state index contributed by atoms with van der Waals surface area (Å²) in [6.07, 6.45) is -0.725. The largest absolute Gasteiger partial charge is 0.444 e. The second kappa shape index (κ2) is 9.27. The van der Waals surface area contributed by atoms with Crippen LogP contribution in [0.5, 0.6) is 0 Å². The number of primary amides is 1. The minimum Gasteiger partial charge on any atom is -0.444 e. The van der Waals surface area contributed by atoms with Crippen LogP contribution in [0.2, 0.25) is 0 Å². The van der Waals surface area contributed by atoms with Crippen molar-refractivity contribution >= 4 is 40.2 Å². The molecule has 2 N–H and O–H groups in total. The minimum absolute atomic E-state index is 0.117. The number of ketones is 1. The summed E-state index contributed by atoms with van der Waals surface area (Å²) in [4.78, 5) is 32.6. The molecule has 0 aliphatic heterocycles. The number of rotatable bonds is 3. The minimum atomic E-state index is -0.725. The summed E-state index contributed by atoms with van der Waals surface area (Å²) in [5.41, 5.74) is 4.67. The van der Waals surface area contributed by atoms with Gasteiger partial charge in [0.05, 0.1) is 4.92 Å². The second-order valence-electron chi connectivity index (χ2n) is 6.15. The van der Waals surface area contributed by atoms with E-state index in [1.165, 1.54) is 12.1 Å². The van der Waals surface area contributed by atoms with Gasteiger partial charge in [0.25, 0.3) is 5.69 Å². The highest BCUT2D eigenvalue weighted by molar-refractivity contribution is 14.1. The van der Waals surface area contributed by atoms with Crippen molar-refractivity contribution in [3.63, 3.8) is 0 Å². The number of nitro benzene ring substituents is 1. The van der Waals surface area contributed by atoms with Crippen molar-refractivity contribution in [2.24, 2.45) is 5.73 Å². The maximum absolute atomic E-state index is 12.2. The quantitative estimate of drug-likeness (QED) is 0.311. The van der Waals surface area contributed by atoms with Gasteiger partial charge in [-0.3, -0.25) is 14.9 Å². The van der Waals surface area contributed by atoms with Gasteiger partial charge in [0.1, 0.15) is 11.2 Å². The summed E-state index contributed by atoms with van der Waals surface area (Å²) in [6, 6.07) is 13.1. The van der Waals surface area contributed by atoms with Crippen LogP contribution in [0.15, 0.2) is 48.5 Å². The lowest BCUT2D eigenvalue weighted by molar-refractivity contribution is -0.385. The van der Waals surface area contributed by atoms with Gasteiger partial charge in [0, 0.05) is 15.2 Å². The van der Waals surface area contributed by atoms with Crippen molar-refractivity contribution in [1.82, 2.24) is 0 Å². The topological polar surface area (TPSA) is 113 Å². The zero-order valence-electron chi connectivity index (χ0n) is 14.6. The zero-order chi connectivity index (χ0) is 19.9. The average molecular weight is 470 g/mol.